The highest BCUT2D eigenvalue weighted by Crippen LogP contribution is 2.21. The Hall–Kier alpha value is -3.60. The lowest BCUT2D eigenvalue weighted by atomic mass is 10.0. The Morgan fingerprint density at radius 3 is 2.81 bits per heavy atom. The van der Waals surface area contributed by atoms with Crippen molar-refractivity contribution in [2.75, 3.05) is 6.54 Å². The van der Waals surface area contributed by atoms with E-state index in [1.807, 2.05) is 24.3 Å². The molecule has 1 aromatic heterocycles. The van der Waals surface area contributed by atoms with E-state index in [0.717, 1.165) is 21.4 Å². The summed E-state index contributed by atoms with van der Waals surface area (Å²) in [7, 11) is 0. The minimum absolute atomic E-state index is 0.111. The highest BCUT2D eigenvalue weighted by molar-refractivity contribution is 6.07. The van der Waals surface area contributed by atoms with Gasteiger partial charge in [-0.05, 0) is 11.6 Å². The molecule has 8 heteroatoms. The van der Waals surface area contributed by atoms with Crippen molar-refractivity contribution in [3.8, 4) is 6.07 Å². The van der Waals surface area contributed by atoms with Crippen molar-refractivity contribution in [2.45, 2.75) is 12.5 Å². The van der Waals surface area contributed by atoms with Gasteiger partial charge in [-0.25, -0.2) is 4.79 Å². The molecule has 2 aromatic rings. The van der Waals surface area contributed by atoms with Gasteiger partial charge in [0.2, 0.25) is 0 Å². The summed E-state index contributed by atoms with van der Waals surface area (Å²) in [5.41, 5.74) is 7.13. The first-order valence-corrected chi connectivity index (χ1v) is 7.96. The molecule has 1 fully saturated rings. The monoisotopic (exact) mass is 351 g/mol. The van der Waals surface area contributed by atoms with E-state index in [9.17, 15) is 14.4 Å². The zero-order valence-corrected chi connectivity index (χ0v) is 13.9. The molecule has 1 aliphatic rings. The zero-order valence-electron chi connectivity index (χ0n) is 13.9. The van der Waals surface area contributed by atoms with Crippen LogP contribution in [0.4, 0.5) is 4.79 Å². The largest absolute Gasteiger partial charge is 0.401 e. The number of imide groups is 1. The van der Waals surface area contributed by atoms with E-state index >= 15 is 0 Å². The van der Waals surface area contributed by atoms with E-state index in [1.54, 1.807) is 12.3 Å². The average Bonchev–Trinajstić information content (AvgIpc) is 3.12. The summed E-state index contributed by atoms with van der Waals surface area (Å²) in [6.07, 6.45) is 2.09. The first kappa shape index (κ1) is 17.2. The molecule has 2 heterocycles. The highest BCUT2D eigenvalue weighted by Gasteiger charge is 2.40. The van der Waals surface area contributed by atoms with Crippen LogP contribution in [0.3, 0.4) is 0 Å². The van der Waals surface area contributed by atoms with Gasteiger partial charge in [0, 0.05) is 29.2 Å². The number of nitrogens with one attached hydrogen (secondary N) is 2. The number of nitrogens with two attached hydrogens (primary N) is 1. The van der Waals surface area contributed by atoms with Gasteiger partial charge in [0.1, 0.15) is 12.0 Å². The fraction of sp³-hybridized carbons (Fsp3) is 0.222. The normalized spacial score (nSPS) is 17.8. The molecule has 3 amide bonds. The lowest BCUT2D eigenvalue weighted by Gasteiger charge is -2.14. The number of urea groups is 1. The van der Waals surface area contributed by atoms with Crippen LogP contribution < -0.4 is 11.1 Å². The molecule has 0 unspecified atom stereocenters. The molecule has 0 saturated carbocycles. The number of carbonyl (C=O) groups is 3. The van der Waals surface area contributed by atoms with Crippen LogP contribution in [0.25, 0.3) is 10.9 Å². The molecular weight excluding hydrogens is 334 g/mol. The van der Waals surface area contributed by atoms with Crippen molar-refractivity contribution in [3.63, 3.8) is 0 Å². The van der Waals surface area contributed by atoms with Gasteiger partial charge in [0.15, 0.2) is 5.78 Å². The molecule has 0 spiro atoms. The Bertz CT molecular complexity index is 955. The molecule has 1 aliphatic heterocycles. The van der Waals surface area contributed by atoms with Gasteiger partial charge >= 0.3 is 6.03 Å². The zero-order chi connectivity index (χ0) is 18.8. The molecule has 132 valence electrons. The summed E-state index contributed by atoms with van der Waals surface area (Å²) in [6.45, 7) is 2.87. The molecule has 26 heavy (non-hydrogen) atoms. The van der Waals surface area contributed by atoms with Crippen molar-refractivity contribution in [3.05, 3.63) is 48.3 Å². The smallest absolute Gasteiger partial charge is 0.325 e. The number of rotatable bonds is 6. The van der Waals surface area contributed by atoms with Crippen molar-refractivity contribution < 1.29 is 14.4 Å². The number of nitrogens with zero attached hydrogens (tertiary/aromatic N) is 2. The summed E-state index contributed by atoms with van der Waals surface area (Å²) < 4.78 is 0. The van der Waals surface area contributed by atoms with Crippen LogP contribution in [0.5, 0.6) is 0 Å². The van der Waals surface area contributed by atoms with Crippen LogP contribution in [0, 0.1) is 17.2 Å². The van der Waals surface area contributed by atoms with Gasteiger partial charge < -0.3 is 16.0 Å². The first-order valence-electron chi connectivity index (χ1n) is 7.96. The summed E-state index contributed by atoms with van der Waals surface area (Å²) in [5.74, 6) is -2.40. The standard InChI is InChI=1S/C18H17N5O3/c1-10(20)13(7-19)16(24)9-23-17(25)15(22-18(23)26)6-11-8-21-14-5-3-2-4-12(11)14/h2-5,8,13,15,21H,1,6,9,20H2,(H,22,26)/t13-,15-/m1/s1. The number of nitriles is 1. The number of hydrogen-bond donors (Lipinski definition) is 3. The molecule has 4 N–H and O–H groups in total. The number of carbonyl (C=O) groups excluding carboxylic acids is 3. The number of hydrogen-bond acceptors (Lipinski definition) is 5. The fourth-order valence-corrected chi connectivity index (χ4v) is 2.99. The lowest BCUT2D eigenvalue weighted by molar-refractivity contribution is -0.131. The van der Waals surface area contributed by atoms with Crippen LogP contribution in [-0.2, 0) is 16.0 Å². The van der Waals surface area contributed by atoms with E-state index in [4.69, 9.17) is 11.0 Å². The molecule has 1 aromatic carbocycles. The third-order valence-electron chi connectivity index (χ3n) is 4.34. The number of aromatic amines is 1. The van der Waals surface area contributed by atoms with E-state index in [1.165, 1.54) is 0 Å². The number of ketones is 1. The topological polar surface area (TPSA) is 132 Å². The lowest BCUT2D eigenvalue weighted by Crippen LogP contribution is -2.39. The highest BCUT2D eigenvalue weighted by atomic mass is 16.2. The number of benzene rings is 1. The molecule has 8 nitrogen and oxygen atoms in total. The van der Waals surface area contributed by atoms with Gasteiger partial charge in [0.05, 0.1) is 12.6 Å². The predicted molar refractivity (Wildman–Crippen MR) is 93.5 cm³/mol. The maximum atomic E-state index is 12.5. The van der Waals surface area contributed by atoms with Gasteiger partial charge in [-0.1, -0.05) is 24.8 Å². The number of aromatic nitrogens is 1. The van der Waals surface area contributed by atoms with Crippen LogP contribution in [0.1, 0.15) is 5.56 Å². The average molecular weight is 351 g/mol. The second-order valence-corrected chi connectivity index (χ2v) is 6.09. The van der Waals surface area contributed by atoms with E-state index in [2.05, 4.69) is 16.9 Å². The number of para-hydroxylation sites is 1. The van der Waals surface area contributed by atoms with E-state index in [0.29, 0.717) is 6.42 Å². The minimum atomic E-state index is -1.25. The van der Waals surface area contributed by atoms with Crippen molar-refractivity contribution in [1.29, 1.82) is 5.26 Å². The Morgan fingerprint density at radius 1 is 1.38 bits per heavy atom. The molecule has 3 rings (SSSR count). The Kier molecular flexibility index (Phi) is 4.45. The van der Waals surface area contributed by atoms with Gasteiger partial charge in [-0.3, -0.25) is 14.5 Å². The summed E-state index contributed by atoms with van der Waals surface area (Å²) in [4.78, 5) is 40.7. The Labute approximate surface area is 149 Å². The van der Waals surface area contributed by atoms with E-state index < -0.39 is 36.2 Å². The fourth-order valence-electron chi connectivity index (χ4n) is 2.99. The quantitative estimate of drug-likeness (QED) is 0.663. The first-order chi connectivity index (χ1) is 12.4. The van der Waals surface area contributed by atoms with Crippen molar-refractivity contribution in [2.24, 2.45) is 11.7 Å². The van der Waals surface area contributed by atoms with Crippen LogP contribution >= 0.6 is 0 Å². The van der Waals surface area contributed by atoms with Gasteiger partial charge in [-0.15, -0.1) is 0 Å². The van der Waals surface area contributed by atoms with Crippen LogP contribution in [-0.4, -0.2) is 40.2 Å². The second kappa shape index (κ2) is 6.72. The predicted octanol–water partition coefficient (Wildman–Crippen LogP) is 0.812. The summed E-state index contributed by atoms with van der Waals surface area (Å²) in [6, 6.07) is 7.93. The van der Waals surface area contributed by atoms with Gasteiger partial charge in [0.25, 0.3) is 5.91 Å². The number of amides is 3. The molecule has 0 aliphatic carbocycles. The number of Topliss-reactive ketones (excluding diaryl/α,β-unsaturated/α-hetero) is 1. The number of fused-ring (bicyclic) bond motifs is 1. The SMILES string of the molecule is C=C(N)[C@@H](C#N)C(=O)CN1C(=O)N[C@H](Cc2c[nH]c3ccccc23)C1=O. The third-order valence-corrected chi connectivity index (χ3v) is 4.34. The molecule has 1 saturated heterocycles. The Balaban J connectivity index is 1.74. The maximum absolute atomic E-state index is 12.5. The van der Waals surface area contributed by atoms with Crippen LogP contribution in [0.15, 0.2) is 42.7 Å². The third kappa shape index (κ3) is 3.02. The van der Waals surface area contributed by atoms with Crippen molar-refractivity contribution >= 4 is 28.6 Å². The van der Waals surface area contributed by atoms with Gasteiger partial charge in [-0.2, -0.15) is 5.26 Å². The van der Waals surface area contributed by atoms with Crippen LogP contribution in [0.2, 0.25) is 0 Å². The van der Waals surface area contributed by atoms with E-state index in [-0.39, 0.29) is 5.70 Å². The Morgan fingerprint density at radius 2 is 2.12 bits per heavy atom. The second-order valence-electron chi connectivity index (χ2n) is 6.09. The molecular formula is C18H17N5O3. The molecule has 2 atom stereocenters. The van der Waals surface area contributed by atoms with Crippen molar-refractivity contribution in [1.82, 2.24) is 15.2 Å². The number of H-pyrrole nitrogens is 1. The summed E-state index contributed by atoms with van der Waals surface area (Å²) >= 11 is 0. The molecule has 0 radical (unpaired) electrons. The minimum Gasteiger partial charge on any atom is -0.401 e. The summed E-state index contributed by atoms with van der Waals surface area (Å²) in [5, 5.41) is 12.5. The molecule has 0 bridgehead atoms. The number of allylic oxidation sites excluding steroid dienone is 1. The maximum Gasteiger partial charge on any atom is 0.325 e.